The zero-order valence-electron chi connectivity index (χ0n) is 24.8. The molecule has 240 valence electrons. The van der Waals surface area contributed by atoms with Gasteiger partial charge in [0, 0.05) is 31.9 Å². The number of non-ortho nitro benzene ring substituents is 1. The lowest BCUT2D eigenvalue weighted by Crippen LogP contribution is -2.59. The van der Waals surface area contributed by atoms with E-state index in [0.29, 0.717) is 5.56 Å². The maximum atomic E-state index is 13.0. The molecule has 0 radical (unpaired) electrons. The molecule has 15 nitrogen and oxygen atoms in total. The Bertz CT molecular complexity index is 1450. The Balaban J connectivity index is 1.87. The van der Waals surface area contributed by atoms with Crippen molar-refractivity contribution in [2.45, 2.75) is 58.9 Å². The number of hydrogen-bond donors (Lipinski definition) is 0. The highest BCUT2D eigenvalue weighted by Gasteiger charge is 2.50. The first-order chi connectivity index (χ1) is 21.3. The van der Waals surface area contributed by atoms with Crippen molar-refractivity contribution < 1.29 is 62.1 Å². The molecule has 0 unspecified atom stereocenters. The summed E-state index contributed by atoms with van der Waals surface area (Å²) in [5.74, 6) is -3.57. The number of hydrogen-bond acceptors (Lipinski definition) is 14. The van der Waals surface area contributed by atoms with Crippen molar-refractivity contribution in [2.24, 2.45) is 5.92 Å². The molecule has 0 bridgehead atoms. The number of esters is 3. The molecule has 1 saturated heterocycles. The van der Waals surface area contributed by atoms with Crippen molar-refractivity contribution in [3.63, 3.8) is 0 Å². The van der Waals surface area contributed by atoms with Crippen LogP contribution in [0.15, 0.2) is 55.1 Å². The summed E-state index contributed by atoms with van der Waals surface area (Å²) in [4.78, 5) is 71.7. The molecule has 15 heteroatoms. The van der Waals surface area contributed by atoms with Crippen molar-refractivity contribution in [3.8, 4) is 11.5 Å². The predicted molar refractivity (Wildman–Crippen MR) is 151 cm³/mol. The molecular weight excluding hydrogens is 598 g/mol. The number of nitro benzene ring substituents is 1. The molecule has 1 fully saturated rings. The number of ketones is 1. The van der Waals surface area contributed by atoms with Crippen LogP contribution in [-0.2, 0) is 44.7 Å². The predicted octanol–water partition coefficient (Wildman–Crippen LogP) is 3.85. The summed E-state index contributed by atoms with van der Waals surface area (Å²) in [7, 11) is 0. The standard InChI is InChI=1S/C30H31NO14/c1-6-13-39-28(35)23-14-20(15-40-30(36)43-22-10-8-21(9-11-22)31(37)38)7-12-24(23)44-29-27(42-19(5)34)26(41-18(4)33)16(2)25(45-29)17(3)32/h6-12,14,16,25-27,29H,1,13,15H2,2-5H3/t16-,25+,26+,27-,29-/m1/s1. The Morgan fingerprint density at radius 2 is 1.60 bits per heavy atom. The van der Waals surface area contributed by atoms with Crippen LogP contribution < -0.4 is 9.47 Å². The molecule has 0 saturated carbocycles. The molecule has 1 aliphatic rings. The number of nitro groups is 1. The van der Waals surface area contributed by atoms with Crippen LogP contribution in [0.5, 0.6) is 11.5 Å². The van der Waals surface area contributed by atoms with Crippen LogP contribution in [0.3, 0.4) is 0 Å². The highest BCUT2D eigenvalue weighted by molar-refractivity contribution is 5.93. The molecular formula is C30H31NO14. The topological polar surface area (TPSA) is 193 Å². The Hall–Kier alpha value is -5.31. The molecule has 0 N–H and O–H groups in total. The van der Waals surface area contributed by atoms with E-state index in [9.17, 15) is 34.1 Å². The summed E-state index contributed by atoms with van der Waals surface area (Å²) in [5, 5.41) is 10.8. The average Bonchev–Trinajstić information content (AvgIpc) is 2.98. The first-order valence-corrected chi connectivity index (χ1v) is 13.5. The van der Waals surface area contributed by atoms with Gasteiger partial charge in [-0.25, -0.2) is 9.59 Å². The van der Waals surface area contributed by atoms with Crippen molar-refractivity contribution >= 4 is 35.5 Å². The first-order valence-electron chi connectivity index (χ1n) is 13.5. The number of carbonyl (C=O) groups is 5. The summed E-state index contributed by atoms with van der Waals surface area (Å²) in [6, 6.07) is 8.82. The van der Waals surface area contributed by atoms with Gasteiger partial charge in [-0.05, 0) is 36.8 Å². The van der Waals surface area contributed by atoms with Crippen LogP contribution >= 0.6 is 0 Å². The third kappa shape index (κ3) is 9.34. The minimum atomic E-state index is -1.51. The van der Waals surface area contributed by atoms with Gasteiger partial charge in [-0.2, -0.15) is 0 Å². The second-order valence-corrected chi connectivity index (χ2v) is 9.77. The van der Waals surface area contributed by atoms with Gasteiger partial charge in [0.25, 0.3) is 5.69 Å². The van der Waals surface area contributed by atoms with Crippen molar-refractivity contribution in [1.82, 2.24) is 0 Å². The SMILES string of the molecule is C=CCOC(=O)c1cc(COC(=O)Oc2ccc([N+](=O)[O-])cc2)ccc1O[C@@H]1O[C@H](C(C)=O)[C@@H](C)[C@H](OC(C)=O)[C@H]1OC(C)=O. The first kappa shape index (κ1) is 34.2. The number of rotatable bonds is 12. The molecule has 1 heterocycles. The van der Waals surface area contributed by atoms with Crippen LogP contribution in [0, 0.1) is 16.0 Å². The summed E-state index contributed by atoms with van der Waals surface area (Å²) in [6.07, 6.45) is -4.87. The molecule has 0 amide bonds. The highest BCUT2D eigenvalue weighted by atomic mass is 16.7. The summed E-state index contributed by atoms with van der Waals surface area (Å²) in [6.45, 7) is 8.12. The van der Waals surface area contributed by atoms with E-state index in [4.69, 9.17) is 33.2 Å². The Morgan fingerprint density at radius 3 is 2.18 bits per heavy atom. The van der Waals surface area contributed by atoms with E-state index in [-0.39, 0.29) is 36.0 Å². The fourth-order valence-electron chi connectivity index (χ4n) is 4.38. The molecule has 0 aliphatic carbocycles. The molecule has 3 rings (SSSR count). The Kier molecular flexibility index (Phi) is 11.7. The van der Waals surface area contributed by atoms with Gasteiger partial charge in [0.15, 0.2) is 11.9 Å². The van der Waals surface area contributed by atoms with Gasteiger partial charge in [-0.1, -0.05) is 25.6 Å². The number of carbonyl (C=O) groups excluding carboxylic acids is 5. The van der Waals surface area contributed by atoms with Gasteiger partial charge in [0.2, 0.25) is 12.4 Å². The lowest BCUT2D eigenvalue weighted by molar-refractivity contribution is -0.384. The van der Waals surface area contributed by atoms with Gasteiger partial charge in [0.1, 0.15) is 36.4 Å². The van der Waals surface area contributed by atoms with Crippen LogP contribution in [0.25, 0.3) is 0 Å². The Labute approximate surface area is 257 Å². The number of nitrogens with zero attached hydrogens (tertiary/aromatic N) is 1. The second kappa shape index (κ2) is 15.4. The van der Waals surface area contributed by atoms with Gasteiger partial charge < -0.3 is 33.2 Å². The molecule has 5 atom stereocenters. The normalized spacial score (nSPS) is 20.6. The fraction of sp³-hybridized carbons (Fsp3) is 0.367. The largest absolute Gasteiger partial charge is 0.514 e. The molecule has 45 heavy (non-hydrogen) atoms. The molecule has 0 aromatic heterocycles. The van der Waals surface area contributed by atoms with E-state index in [1.54, 1.807) is 6.92 Å². The summed E-state index contributed by atoms with van der Waals surface area (Å²) >= 11 is 0. The highest BCUT2D eigenvalue weighted by Crippen LogP contribution is 2.34. The third-order valence-electron chi connectivity index (χ3n) is 6.32. The molecule has 2 aromatic carbocycles. The van der Waals surface area contributed by atoms with Crippen LogP contribution in [-0.4, -0.2) is 66.0 Å². The van der Waals surface area contributed by atoms with Crippen molar-refractivity contribution in [1.29, 1.82) is 0 Å². The van der Waals surface area contributed by atoms with E-state index in [1.807, 2.05) is 0 Å². The van der Waals surface area contributed by atoms with Gasteiger partial charge in [0.05, 0.1) is 4.92 Å². The number of ether oxygens (including phenoxy) is 7. The van der Waals surface area contributed by atoms with E-state index in [0.717, 1.165) is 26.0 Å². The van der Waals surface area contributed by atoms with E-state index >= 15 is 0 Å². The van der Waals surface area contributed by atoms with Crippen LogP contribution in [0.4, 0.5) is 10.5 Å². The lowest BCUT2D eigenvalue weighted by atomic mass is 9.88. The van der Waals surface area contributed by atoms with E-state index < -0.39 is 65.3 Å². The Morgan fingerprint density at radius 1 is 0.956 bits per heavy atom. The third-order valence-corrected chi connectivity index (χ3v) is 6.32. The second-order valence-electron chi connectivity index (χ2n) is 9.77. The average molecular weight is 630 g/mol. The molecule has 0 spiro atoms. The van der Waals surface area contributed by atoms with Gasteiger partial charge in [-0.15, -0.1) is 0 Å². The van der Waals surface area contributed by atoms with E-state index in [2.05, 4.69) is 6.58 Å². The number of benzene rings is 2. The summed E-state index contributed by atoms with van der Waals surface area (Å²) in [5.41, 5.74) is -0.0588. The maximum Gasteiger partial charge on any atom is 0.514 e. The van der Waals surface area contributed by atoms with E-state index in [1.165, 1.54) is 43.3 Å². The monoisotopic (exact) mass is 629 g/mol. The number of Topliss-reactive ketones (excluding diaryl/α,β-unsaturated/α-hetero) is 1. The minimum absolute atomic E-state index is 0.00287. The quantitative estimate of drug-likeness (QED) is 0.0820. The van der Waals surface area contributed by atoms with Crippen LogP contribution in [0.1, 0.15) is 43.6 Å². The van der Waals surface area contributed by atoms with Crippen molar-refractivity contribution in [3.05, 3.63) is 76.4 Å². The lowest BCUT2D eigenvalue weighted by Gasteiger charge is -2.43. The minimum Gasteiger partial charge on any atom is -0.460 e. The van der Waals surface area contributed by atoms with Gasteiger partial charge >= 0.3 is 24.1 Å². The fourth-order valence-corrected chi connectivity index (χ4v) is 4.38. The van der Waals surface area contributed by atoms with Crippen molar-refractivity contribution in [2.75, 3.05) is 6.61 Å². The zero-order chi connectivity index (χ0) is 33.3. The maximum absolute atomic E-state index is 13.0. The molecule has 1 aliphatic heterocycles. The summed E-state index contributed by atoms with van der Waals surface area (Å²) < 4.78 is 37.9. The smallest absolute Gasteiger partial charge is 0.460 e. The molecule has 2 aromatic rings. The zero-order valence-corrected chi connectivity index (χ0v) is 24.8. The van der Waals surface area contributed by atoms with Gasteiger partial charge in [-0.3, -0.25) is 24.5 Å². The van der Waals surface area contributed by atoms with Crippen LogP contribution in [0.2, 0.25) is 0 Å².